The standard InChI is InChI=1S/C21H18N6O2S/c1-3-16(20(28)25-17-9-12(2)29-27-17)30-21-15(11-23)18(13-7-5-4-6-8-13)14(10-22)19(24)26-21/h4-9,16H,3H2,1-2H3,(H2,24,26)(H,25,27,28)/t16-/m0/s1. The van der Waals surface area contributed by atoms with Crippen molar-refractivity contribution in [3.63, 3.8) is 0 Å². The van der Waals surface area contributed by atoms with Gasteiger partial charge in [-0.3, -0.25) is 4.79 Å². The van der Waals surface area contributed by atoms with E-state index in [4.69, 9.17) is 10.3 Å². The summed E-state index contributed by atoms with van der Waals surface area (Å²) in [7, 11) is 0. The Morgan fingerprint density at radius 2 is 1.97 bits per heavy atom. The van der Waals surface area contributed by atoms with E-state index in [-0.39, 0.29) is 22.9 Å². The highest BCUT2D eigenvalue weighted by molar-refractivity contribution is 8.00. The molecule has 0 spiro atoms. The Labute approximate surface area is 177 Å². The van der Waals surface area contributed by atoms with E-state index in [0.29, 0.717) is 34.2 Å². The van der Waals surface area contributed by atoms with Gasteiger partial charge in [-0.1, -0.05) is 54.2 Å². The number of aryl methyl sites for hydroxylation is 1. The Kier molecular flexibility index (Phi) is 6.35. The molecule has 0 bridgehead atoms. The molecule has 0 aliphatic rings. The SMILES string of the molecule is CC[C@H](Sc1nc(N)c(C#N)c(-c2ccccc2)c1C#N)C(=O)Nc1cc(C)on1. The zero-order valence-corrected chi connectivity index (χ0v) is 17.2. The van der Waals surface area contributed by atoms with Crippen LogP contribution in [0.25, 0.3) is 11.1 Å². The van der Waals surface area contributed by atoms with Crippen LogP contribution in [0.4, 0.5) is 11.6 Å². The third kappa shape index (κ3) is 4.27. The van der Waals surface area contributed by atoms with Gasteiger partial charge in [-0.2, -0.15) is 10.5 Å². The average Bonchev–Trinajstić information content (AvgIpc) is 3.16. The van der Waals surface area contributed by atoms with Crippen molar-refractivity contribution >= 4 is 29.3 Å². The van der Waals surface area contributed by atoms with Crippen LogP contribution in [0.15, 0.2) is 45.9 Å². The molecule has 150 valence electrons. The van der Waals surface area contributed by atoms with Crippen molar-refractivity contribution < 1.29 is 9.32 Å². The summed E-state index contributed by atoms with van der Waals surface area (Å²) < 4.78 is 4.97. The molecule has 0 saturated carbocycles. The Morgan fingerprint density at radius 1 is 1.27 bits per heavy atom. The Hall–Kier alpha value is -3.82. The summed E-state index contributed by atoms with van der Waals surface area (Å²) >= 11 is 1.12. The number of pyridine rings is 1. The number of nitriles is 2. The largest absolute Gasteiger partial charge is 0.383 e. The third-order valence-corrected chi connectivity index (χ3v) is 5.63. The lowest BCUT2D eigenvalue weighted by Gasteiger charge is -2.17. The molecule has 2 heterocycles. The van der Waals surface area contributed by atoms with E-state index in [1.165, 1.54) is 0 Å². The van der Waals surface area contributed by atoms with Gasteiger partial charge in [0, 0.05) is 11.6 Å². The molecule has 3 aromatic rings. The van der Waals surface area contributed by atoms with Crippen LogP contribution in [0.2, 0.25) is 0 Å². The highest BCUT2D eigenvalue weighted by Gasteiger charge is 2.25. The maximum Gasteiger partial charge on any atom is 0.239 e. The van der Waals surface area contributed by atoms with Gasteiger partial charge in [-0.25, -0.2) is 4.98 Å². The summed E-state index contributed by atoms with van der Waals surface area (Å²) in [4.78, 5) is 17.0. The predicted molar refractivity (Wildman–Crippen MR) is 113 cm³/mol. The number of anilines is 2. The quantitative estimate of drug-likeness (QED) is 0.574. The second-order valence-electron chi connectivity index (χ2n) is 6.34. The number of amides is 1. The van der Waals surface area contributed by atoms with Gasteiger partial charge in [0.2, 0.25) is 5.91 Å². The summed E-state index contributed by atoms with van der Waals surface area (Å²) in [5.41, 5.74) is 7.47. The van der Waals surface area contributed by atoms with Crippen molar-refractivity contribution in [1.29, 1.82) is 10.5 Å². The molecular weight excluding hydrogens is 400 g/mol. The number of benzene rings is 1. The average molecular weight is 418 g/mol. The second kappa shape index (κ2) is 9.12. The van der Waals surface area contributed by atoms with Crippen LogP contribution in [-0.2, 0) is 4.79 Å². The van der Waals surface area contributed by atoms with E-state index in [1.807, 2.05) is 31.2 Å². The predicted octanol–water partition coefficient (Wildman–Crippen LogP) is 3.88. The van der Waals surface area contributed by atoms with Crippen molar-refractivity contribution in [2.45, 2.75) is 30.5 Å². The van der Waals surface area contributed by atoms with E-state index in [0.717, 1.165) is 11.8 Å². The number of nitrogens with zero attached hydrogens (tertiary/aromatic N) is 4. The molecule has 9 heteroatoms. The molecule has 2 aromatic heterocycles. The van der Waals surface area contributed by atoms with Crippen molar-refractivity contribution in [3.8, 4) is 23.3 Å². The van der Waals surface area contributed by atoms with E-state index < -0.39 is 5.25 Å². The molecule has 30 heavy (non-hydrogen) atoms. The number of nitrogen functional groups attached to an aromatic ring is 1. The monoisotopic (exact) mass is 418 g/mol. The summed E-state index contributed by atoms with van der Waals surface area (Å²) in [6.45, 7) is 3.57. The molecule has 0 aliphatic carbocycles. The number of hydrogen-bond donors (Lipinski definition) is 2. The van der Waals surface area contributed by atoms with Crippen LogP contribution in [-0.4, -0.2) is 21.3 Å². The van der Waals surface area contributed by atoms with Gasteiger partial charge in [0.1, 0.15) is 34.3 Å². The molecule has 1 atom stereocenters. The first-order valence-electron chi connectivity index (χ1n) is 9.08. The maximum absolute atomic E-state index is 12.7. The lowest BCUT2D eigenvalue weighted by molar-refractivity contribution is -0.115. The Morgan fingerprint density at radius 3 is 2.53 bits per heavy atom. The summed E-state index contributed by atoms with van der Waals surface area (Å²) in [6.07, 6.45) is 0.473. The van der Waals surface area contributed by atoms with Gasteiger partial charge in [0.05, 0.1) is 10.8 Å². The first-order valence-corrected chi connectivity index (χ1v) is 9.96. The number of hydrogen-bond acceptors (Lipinski definition) is 8. The molecule has 0 unspecified atom stereocenters. The minimum atomic E-state index is -0.558. The van der Waals surface area contributed by atoms with Crippen LogP contribution in [0.3, 0.4) is 0 Å². The number of rotatable bonds is 6. The summed E-state index contributed by atoms with van der Waals surface area (Å²) in [6, 6.07) is 14.8. The molecule has 1 amide bonds. The fourth-order valence-electron chi connectivity index (χ4n) is 2.87. The van der Waals surface area contributed by atoms with Crippen molar-refractivity contribution in [2.75, 3.05) is 11.1 Å². The molecule has 1 aromatic carbocycles. The van der Waals surface area contributed by atoms with Crippen LogP contribution >= 0.6 is 11.8 Å². The smallest absolute Gasteiger partial charge is 0.239 e. The molecule has 0 radical (unpaired) electrons. The van der Waals surface area contributed by atoms with Gasteiger partial charge in [-0.15, -0.1) is 0 Å². The maximum atomic E-state index is 12.7. The van der Waals surface area contributed by atoms with Crippen LogP contribution in [0.5, 0.6) is 0 Å². The van der Waals surface area contributed by atoms with Crippen molar-refractivity contribution in [2.24, 2.45) is 0 Å². The number of carbonyl (C=O) groups excluding carboxylic acids is 1. The van der Waals surface area contributed by atoms with Crippen LogP contribution < -0.4 is 11.1 Å². The number of carbonyl (C=O) groups is 1. The minimum absolute atomic E-state index is 0.0141. The van der Waals surface area contributed by atoms with E-state index >= 15 is 0 Å². The molecule has 0 aliphatic heterocycles. The molecule has 0 saturated heterocycles. The highest BCUT2D eigenvalue weighted by atomic mass is 32.2. The Balaban J connectivity index is 2.01. The van der Waals surface area contributed by atoms with E-state index in [1.54, 1.807) is 25.1 Å². The van der Waals surface area contributed by atoms with Crippen molar-refractivity contribution in [3.05, 3.63) is 53.3 Å². The second-order valence-corrected chi connectivity index (χ2v) is 7.54. The number of aromatic nitrogens is 2. The van der Waals surface area contributed by atoms with Gasteiger partial charge in [0.15, 0.2) is 5.82 Å². The number of nitrogens with one attached hydrogen (secondary N) is 1. The molecular formula is C21H18N6O2S. The van der Waals surface area contributed by atoms with Gasteiger partial charge in [-0.05, 0) is 18.9 Å². The molecule has 0 fully saturated rings. The number of thioether (sulfide) groups is 1. The van der Waals surface area contributed by atoms with E-state index in [2.05, 4.69) is 21.5 Å². The summed E-state index contributed by atoms with van der Waals surface area (Å²) in [5.74, 6) is 0.604. The number of nitrogens with two attached hydrogens (primary N) is 1. The van der Waals surface area contributed by atoms with Gasteiger partial charge >= 0.3 is 0 Å². The molecule has 3 rings (SSSR count). The minimum Gasteiger partial charge on any atom is -0.383 e. The first-order chi connectivity index (χ1) is 14.5. The van der Waals surface area contributed by atoms with Gasteiger partial charge in [0.25, 0.3) is 0 Å². The topological polar surface area (TPSA) is 142 Å². The third-order valence-electron chi connectivity index (χ3n) is 4.27. The lowest BCUT2D eigenvalue weighted by Crippen LogP contribution is -2.25. The van der Waals surface area contributed by atoms with E-state index in [9.17, 15) is 15.3 Å². The van der Waals surface area contributed by atoms with Crippen LogP contribution in [0, 0.1) is 29.6 Å². The lowest BCUT2D eigenvalue weighted by atomic mass is 9.97. The first kappa shape index (κ1) is 20.9. The zero-order valence-electron chi connectivity index (χ0n) is 16.3. The molecule has 3 N–H and O–H groups in total. The fraction of sp³-hybridized carbons (Fsp3) is 0.190. The van der Waals surface area contributed by atoms with Crippen molar-refractivity contribution in [1.82, 2.24) is 10.1 Å². The van der Waals surface area contributed by atoms with Crippen LogP contribution in [0.1, 0.15) is 30.2 Å². The Bertz CT molecular complexity index is 1160. The molecule has 8 nitrogen and oxygen atoms in total. The summed E-state index contributed by atoms with van der Waals surface area (Å²) in [5, 5.41) is 25.6. The normalized spacial score (nSPS) is 11.3. The van der Waals surface area contributed by atoms with Gasteiger partial charge < -0.3 is 15.6 Å². The highest BCUT2D eigenvalue weighted by Crippen LogP contribution is 2.37. The fourth-order valence-corrected chi connectivity index (χ4v) is 3.88. The zero-order chi connectivity index (χ0) is 21.7.